The molecule has 232 valence electrons. The van der Waals surface area contributed by atoms with Gasteiger partial charge in [0.15, 0.2) is 11.5 Å². The van der Waals surface area contributed by atoms with Gasteiger partial charge in [0, 0.05) is 63.6 Å². The number of carbonyl (C=O) groups is 1. The third kappa shape index (κ3) is 6.06. The minimum Gasteiger partial charge on any atom is -0.489 e. The van der Waals surface area contributed by atoms with E-state index in [0.29, 0.717) is 12.2 Å². The molecule has 1 N–H and O–H groups in total. The van der Waals surface area contributed by atoms with Crippen LogP contribution in [0.15, 0.2) is 152 Å². The molecule has 3 heterocycles. The summed E-state index contributed by atoms with van der Waals surface area (Å²) in [5.41, 5.74) is 8.21. The lowest BCUT2D eigenvalue weighted by Gasteiger charge is -2.34. The first-order valence-corrected chi connectivity index (χ1v) is 16.1. The Bertz CT molecular complexity index is 2170. The Kier molecular flexibility index (Phi) is 8.63. The van der Waals surface area contributed by atoms with Gasteiger partial charge in [-0.2, -0.15) is 0 Å². The standard InChI is InChI=1S/C25H22N2O.C16H12ClNO/c1-26-18-22(21-14-8-9-15-23(21)26)25-24(19-10-4-2-5-11-19)27(16-17-28-25)20-12-6-3-7-13-20;17-15(11-6-2-1-3-7-11)16(19)13-10-18-14-9-5-4-8-12(13)14/h2-15,18H,16-17H2,1H3;1-10,15,18H. The lowest BCUT2D eigenvalue weighted by Crippen LogP contribution is -2.31. The number of hydrogen-bond donors (Lipinski definition) is 1. The van der Waals surface area contributed by atoms with E-state index in [1.807, 2.05) is 54.6 Å². The van der Waals surface area contributed by atoms with Gasteiger partial charge in [0.25, 0.3) is 0 Å². The van der Waals surface area contributed by atoms with Gasteiger partial charge < -0.3 is 19.2 Å². The second kappa shape index (κ2) is 13.5. The fourth-order valence-electron chi connectivity index (χ4n) is 6.20. The van der Waals surface area contributed by atoms with Crippen LogP contribution in [0.3, 0.4) is 0 Å². The number of H-pyrrole nitrogens is 1. The number of nitrogens with zero attached hydrogens (tertiary/aromatic N) is 2. The van der Waals surface area contributed by atoms with Crippen LogP contribution in [0.5, 0.6) is 0 Å². The summed E-state index contributed by atoms with van der Waals surface area (Å²) in [7, 11) is 2.09. The summed E-state index contributed by atoms with van der Waals surface area (Å²) in [6, 6.07) is 46.7. The molecule has 0 bridgehead atoms. The van der Waals surface area contributed by atoms with Crippen molar-refractivity contribution in [1.82, 2.24) is 9.55 Å². The van der Waals surface area contributed by atoms with Crippen LogP contribution in [0.2, 0.25) is 0 Å². The topological polar surface area (TPSA) is 50.3 Å². The van der Waals surface area contributed by atoms with E-state index in [0.717, 1.165) is 45.6 Å². The number of fused-ring (bicyclic) bond motifs is 2. The zero-order valence-electron chi connectivity index (χ0n) is 26.0. The number of rotatable bonds is 6. The van der Waals surface area contributed by atoms with E-state index in [1.54, 1.807) is 6.20 Å². The molecule has 1 unspecified atom stereocenters. The highest BCUT2D eigenvalue weighted by molar-refractivity contribution is 6.35. The molecule has 5 nitrogen and oxygen atoms in total. The molecule has 0 saturated heterocycles. The summed E-state index contributed by atoms with van der Waals surface area (Å²) in [6.45, 7) is 1.48. The number of aryl methyl sites for hydroxylation is 1. The van der Waals surface area contributed by atoms with Crippen LogP contribution in [0.4, 0.5) is 5.69 Å². The van der Waals surface area contributed by atoms with Gasteiger partial charge in [-0.05, 0) is 29.8 Å². The predicted molar refractivity (Wildman–Crippen MR) is 194 cm³/mol. The molecule has 0 amide bonds. The van der Waals surface area contributed by atoms with Crippen molar-refractivity contribution < 1.29 is 9.53 Å². The lowest BCUT2D eigenvalue weighted by molar-refractivity contribution is 0.0988. The number of hydrogen-bond acceptors (Lipinski definition) is 3. The van der Waals surface area contributed by atoms with E-state index in [2.05, 4.69) is 113 Å². The highest BCUT2D eigenvalue weighted by Gasteiger charge is 2.27. The minimum absolute atomic E-state index is 0.0784. The zero-order valence-corrected chi connectivity index (χ0v) is 26.8. The molecule has 0 radical (unpaired) electrons. The largest absolute Gasteiger partial charge is 0.489 e. The monoisotopic (exact) mass is 635 g/mol. The highest BCUT2D eigenvalue weighted by atomic mass is 35.5. The van der Waals surface area contributed by atoms with Crippen LogP contribution in [-0.4, -0.2) is 28.5 Å². The number of benzene rings is 5. The van der Waals surface area contributed by atoms with Gasteiger partial charge >= 0.3 is 0 Å². The molecule has 2 aromatic heterocycles. The first-order chi connectivity index (χ1) is 23.1. The van der Waals surface area contributed by atoms with Crippen LogP contribution < -0.4 is 4.90 Å². The summed E-state index contributed by atoms with van der Waals surface area (Å²) in [4.78, 5) is 17.9. The van der Waals surface area contributed by atoms with Gasteiger partial charge in [0.2, 0.25) is 0 Å². The van der Waals surface area contributed by atoms with E-state index in [-0.39, 0.29) is 5.78 Å². The van der Waals surface area contributed by atoms with Crippen molar-refractivity contribution in [3.8, 4) is 0 Å². The number of halogens is 1. The van der Waals surface area contributed by atoms with Gasteiger partial charge in [-0.1, -0.05) is 115 Å². The number of nitrogens with one attached hydrogen (secondary N) is 1. The summed E-state index contributed by atoms with van der Waals surface area (Å²) in [5.74, 6) is 0.864. The number of alkyl halides is 1. The number of aromatic nitrogens is 2. The van der Waals surface area contributed by atoms with Crippen LogP contribution in [0, 0.1) is 0 Å². The van der Waals surface area contributed by atoms with Gasteiger partial charge in [0.05, 0.1) is 12.2 Å². The summed E-state index contributed by atoms with van der Waals surface area (Å²) in [6.07, 6.45) is 3.91. The van der Waals surface area contributed by atoms with Crippen LogP contribution in [-0.2, 0) is 11.8 Å². The maximum Gasteiger partial charge on any atom is 0.187 e. The first-order valence-electron chi connectivity index (χ1n) is 15.7. The molecule has 0 fully saturated rings. The SMILES string of the molecule is Cn1cc(C2=C(c3ccccc3)N(c3ccccc3)CCO2)c2ccccc21.O=C(c1c[nH]c2ccccc12)C(Cl)c1ccccc1. The molecule has 7 aromatic rings. The molecule has 1 aliphatic rings. The van der Waals surface area contributed by atoms with Crippen LogP contribution >= 0.6 is 11.6 Å². The number of Topliss-reactive ketones (excluding diaryl/α,β-unsaturated/α-hetero) is 1. The van der Waals surface area contributed by atoms with Crippen molar-refractivity contribution in [2.24, 2.45) is 7.05 Å². The number of ketones is 1. The Labute approximate surface area is 279 Å². The van der Waals surface area contributed by atoms with Crippen molar-refractivity contribution in [2.45, 2.75) is 5.38 Å². The van der Waals surface area contributed by atoms with Crippen molar-refractivity contribution in [3.05, 3.63) is 174 Å². The number of aromatic amines is 1. The molecular formula is C41H34ClN3O2. The van der Waals surface area contributed by atoms with E-state index in [1.165, 1.54) is 16.6 Å². The molecule has 6 heteroatoms. The highest BCUT2D eigenvalue weighted by Crippen LogP contribution is 2.39. The Hall–Kier alpha value is -5.52. The predicted octanol–water partition coefficient (Wildman–Crippen LogP) is 9.87. The third-order valence-corrected chi connectivity index (χ3v) is 8.93. The van der Waals surface area contributed by atoms with Crippen molar-refractivity contribution >= 4 is 56.3 Å². The minimum atomic E-state index is -0.652. The lowest BCUT2D eigenvalue weighted by atomic mass is 10.0. The second-order valence-corrected chi connectivity index (χ2v) is 11.9. The molecule has 0 spiro atoms. The summed E-state index contributed by atoms with van der Waals surface area (Å²) in [5, 5.41) is 1.47. The normalized spacial score (nSPS) is 13.6. The van der Waals surface area contributed by atoms with Crippen molar-refractivity contribution in [2.75, 3.05) is 18.1 Å². The first kappa shape index (κ1) is 30.2. The fraction of sp³-hybridized carbons (Fsp3) is 0.0976. The summed E-state index contributed by atoms with van der Waals surface area (Å²) < 4.78 is 8.50. The van der Waals surface area contributed by atoms with Gasteiger partial charge in [-0.15, -0.1) is 11.6 Å². The Morgan fingerprint density at radius 1 is 0.766 bits per heavy atom. The smallest absolute Gasteiger partial charge is 0.187 e. The molecule has 0 saturated carbocycles. The Balaban J connectivity index is 0.000000161. The molecule has 5 aromatic carbocycles. The van der Waals surface area contributed by atoms with E-state index < -0.39 is 5.38 Å². The van der Waals surface area contributed by atoms with Crippen molar-refractivity contribution in [3.63, 3.8) is 0 Å². The molecular weight excluding hydrogens is 602 g/mol. The third-order valence-electron chi connectivity index (χ3n) is 8.48. The second-order valence-electron chi connectivity index (χ2n) is 11.4. The quantitative estimate of drug-likeness (QED) is 0.146. The number of carbonyl (C=O) groups excluding carboxylic acids is 1. The van der Waals surface area contributed by atoms with Crippen LogP contribution in [0.1, 0.15) is 32.4 Å². The van der Waals surface area contributed by atoms with Gasteiger partial charge in [-0.3, -0.25) is 4.79 Å². The van der Waals surface area contributed by atoms with E-state index in [9.17, 15) is 4.79 Å². The fourth-order valence-corrected chi connectivity index (χ4v) is 6.47. The van der Waals surface area contributed by atoms with E-state index in [4.69, 9.17) is 16.3 Å². The Morgan fingerprint density at radius 2 is 1.38 bits per heavy atom. The van der Waals surface area contributed by atoms with Crippen LogP contribution in [0.25, 0.3) is 33.3 Å². The molecule has 1 atom stereocenters. The van der Waals surface area contributed by atoms with Crippen molar-refractivity contribution in [1.29, 1.82) is 0 Å². The molecule has 47 heavy (non-hydrogen) atoms. The summed E-state index contributed by atoms with van der Waals surface area (Å²) >= 11 is 6.29. The molecule has 0 aliphatic carbocycles. The number of ether oxygens (including phenoxy) is 1. The van der Waals surface area contributed by atoms with E-state index >= 15 is 0 Å². The molecule has 8 rings (SSSR count). The van der Waals surface area contributed by atoms with Gasteiger partial charge in [-0.25, -0.2) is 0 Å². The average molecular weight is 636 g/mol. The maximum absolute atomic E-state index is 12.5. The number of para-hydroxylation sites is 3. The number of anilines is 1. The zero-order chi connectivity index (χ0) is 32.2. The average Bonchev–Trinajstić information content (AvgIpc) is 3.73. The Morgan fingerprint density at radius 3 is 2.13 bits per heavy atom. The molecule has 1 aliphatic heterocycles. The van der Waals surface area contributed by atoms with Gasteiger partial charge in [0.1, 0.15) is 12.0 Å². The maximum atomic E-state index is 12.5.